The molecular formula is C18H17N3. The van der Waals surface area contributed by atoms with E-state index >= 15 is 0 Å². The first kappa shape index (κ1) is 13.2. The van der Waals surface area contributed by atoms with Crippen molar-refractivity contribution >= 4 is 11.5 Å². The average Bonchev–Trinajstić information content (AvgIpc) is 2.55. The van der Waals surface area contributed by atoms with Gasteiger partial charge >= 0.3 is 0 Å². The van der Waals surface area contributed by atoms with Crippen molar-refractivity contribution < 1.29 is 0 Å². The second-order valence-electron chi connectivity index (χ2n) is 4.86. The molecule has 21 heavy (non-hydrogen) atoms. The Kier molecular flexibility index (Phi) is 3.83. The quantitative estimate of drug-likeness (QED) is 0.758. The topological polar surface area (TPSA) is 50.9 Å². The van der Waals surface area contributed by atoms with Crippen molar-refractivity contribution in [2.24, 2.45) is 0 Å². The highest BCUT2D eigenvalue weighted by atomic mass is 15.0. The molecule has 0 aliphatic heterocycles. The Morgan fingerprint density at radius 2 is 1.52 bits per heavy atom. The molecule has 0 amide bonds. The normalized spacial score (nSPS) is 10.3. The first-order valence-corrected chi connectivity index (χ1v) is 6.91. The van der Waals surface area contributed by atoms with Crippen LogP contribution in [0.3, 0.4) is 0 Å². The number of hydrogen-bond donors (Lipinski definition) is 2. The molecule has 3 N–H and O–H groups in total. The van der Waals surface area contributed by atoms with Crippen molar-refractivity contribution in [3.63, 3.8) is 0 Å². The van der Waals surface area contributed by atoms with Gasteiger partial charge in [-0.3, -0.25) is 0 Å². The molecule has 3 nitrogen and oxygen atoms in total. The van der Waals surface area contributed by atoms with Gasteiger partial charge in [0.2, 0.25) is 0 Å². The molecule has 1 heterocycles. The summed E-state index contributed by atoms with van der Waals surface area (Å²) in [4.78, 5) is 4.22. The third-order valence-corrected chi connectivity index (χ3v) is 3.36. The monoisotopic (exact) mass is 275 g/mol. The van der Waals surface area contributed by atoms with E-state index < -0.39 is 0 Å². The number of nitrogens with two attached hydrogens (primary N) is 1. The van der Waals surface area contributed by atoms with E-state index in [4.69, 9.17) is 5.73 Å². The molecule has 0 saturated carbocycles. The Labute approximate surface area is 124 Å². The number of pyridine rings is 1. The largest absolute Gasteiger partial charge is 0.396 e. The number of nitrogen functional groups attached to an aromatic ring is 1. The summed E-state index contributed by atoms with van der Waals surface area (Å²) < 4.78 is 0. The van der Waals surface area contributed by atoms with Crippen molar-refractivity contribution in [2.45, 2.75) is 6.54 Å². The second-order valence-corrected chi connectivity index (χ2v) is 4.86. The molecule has 3 rings (SSSR count). The molecule has 0 radical (unpaired) electrons. The molecule has 0 unspecified atom stereocenters. The van der Waals surface area contributed by atoms with E-state index in [0.29, 0.717) is 12.2 Å². The van der Waals surface area contributed by atoms with Crippen LogP contribution in [0.2, 0.25) is 0 Å². The molecule has 0 fully saturated rings. The zero-order valence-electron chi connectivity index (χ0n) is 11.7. The predicted molar refractivity (Wildman–Crippen MR) is 87.9 cm³/mol. The molecule has 0 bridgehead atoms. The molecule has 0 aliphatic carbocycles. The summed E-state index contributed by atoms with van der Waals surface area (Å²) >= 11 is 0. The van der Waals surface area contributed by atoms with E-state index in [1.807, 2.05) is 18.2 Å². The number of rotatable bonds is 4. The average molecular weight is 275 g/mol. The minimum atomic E-state index is 0.665. The Morgan fingerprint density at radius 3 is 2.24 bits per heavy atom. The van der Waals surface area contributed by atoms with Gasteiger partial charge in [-0.15, -0.1) is 0 Å². The van der Waals surface area contributed by atoms with E-state index in [1.54, 1.807) is 6.20 Å². The zero-order chi connectivity index (χ0) is 14.5. The third-order valence-electron chi connectivity index (χ3n) is 3.36. The molecule has 0 aliphatic rings. The van der Waals surface area contributed by atoms with Crippen LogP contribution in [0.5, 0.6) is 0 Å². The lowest BCUT2D eigenvalue weighted by Crippen LogP contribution is -2.04. The minimum Gasteiger partial charge on any atom is -0.396 e. The van der Waals surface area contributed by atoms with Crippen LogP contribution < -0.4 is 11.1 Å². The van der Waals surface area contributed by atoms with Crippen LogP contribution in [-0.2, 0) is 6.54 Å². The van der Waals surface area contributed by atoms with Gasteiger partial charge in [0.15, 0.2) is 0 Å². The Bertz CT molecular complexity index is 706. The summed E-state index contributed by atoms with van der Waals surface area (Å²) in [7, 11) is 0. The maximum Gasteiger partial charge on any atom is 0.149 e. The smallest absolute Gasteiger partial charge is 0.149 e. The molecule has 104 valence electrons. The fourth-order valence-corrected chi connectivity index (χ4v) is 2.20. The van der Waals surface area contributed by atoms with Crippen LogP contribution in [-0.4, -0.2) is 4.98 Å². The summed E-state index contributed by atoms with van der Waals surface area (Å²) in [6.45, 7) is 0.705. The van der Waals surface area contributed by atoms with E-state index in [2.05, 4.69) is 58.8 Å². The Balaban J connectivity index is 1.69. The Hall–Kier alpha value is -2.81. The van der Waals surface area contributed by atoms with Crippen LogP contribution in [0.4, 0.5) is 11.5 Å². The molecule has 0 spiro atoms. The van der Waals surface area contributed by atoms with E-state index in [9.17, 15) is 0 Å². The van der Waals surface area contributed by atoms with Gasteiger partial charge in [0.1, 0.15) is 5.82 Å². The van der Waals surface area contributed by atoms with E-state index in [1.165, 1.54) is 16.7 Å². The number of nitrogens with zero attached hydrogens (tertiary/aromatic N) is 1. The highest BCUT2D eigenvalue weighted by molar-refractivity contribution is 5.64. The number of anilines is 2. The van der Waals surface area contributed by atoms with Crippen molar-refractivity contribution in [1.29, 1.82) is 0 Å². The predicted octanol–water partition coefficient (Wildman–Crippen LogP) is 3.94. The molecule has 1 aromatic heterocycles. The standard InChI is InChI=1S/C18H17N3/c19-17-7-4-12-20-18(17)21-13-14-8-10-16(11-9-14)15-5-2-1-3-6-15/h1-12H,13,19H2,(H,20,21). The number of aromatic nitrogens is 1. The highest BCUT2D eigenvalue weighted by Gasteiger charge is 2.00. The zero-order valence-corrected chi connectivity index (χ0v) is 11.7. The van der Waals surface area contributed by atoms with Gasteiger partial charge in [0.25, 0.3) is 0 Å². The highest BCUT2D eigenvalue weighted by Crippen LogP contribution is 2.20. The Morgan fingerprint density at radius 1 is 0.810 bits per heavy atom. The first-order valence-electron chi connectivity index (χ1n) is 6.91. The van der Waals surface area contributed by atoms with Crippen LogP contribution in [0.1, 0.15) is 5.56 Å². The maximum absolute atomic E-state index is 5.86. The van der Waals surface area contributed by atoms with Crippen LogP contribution in [0.15, 0.2) is 72.9 Å². The van der Waals surface area contributed by atoms with Crippen LogP contribution in [0, 0.1) is 0 Å². The number of nitrogens with one attached hydrogen (secondary N) is 1. The molecule has 2 aromatic carbocycles. The van der Waals surface area contributed by atoms with Gasteiger partial charge in [-0.2, -0.15) is 0 Å². The van der Waals surface area contributed by atoms with E-state index in [0.717, 1.165) is 5.82 Å². The lowest BCUT2D eigenvalue weighted by atomic mass is 10.0. The third kappa shape index (κ3) is 3.20. The molecule has 0 saturated heterocycles. The van der Waals surface area contributed by atoms with Gasteiger partial charge < -0.3 is 11.1 Å². The minimum absolute atomic E-state index is 0.665. The number of benzene rings is 2. The fourth-order valence-electron chi connectivity index (χ4n) is 2.20. The van der Waals surface area contributed by atoms with Crippen molar-refractivity contribution in [2.75, 3.05) is 11.1 Å². The molecule has 3 aromatic rings. The number of hydrogen-bond acceptors (Lipinski definition) is 3. The maximum atomic E-state index is 5.86. The van der Waals surface area contributed by atoms with E-state index in [-0.39, 0.29) is 0 Å². The van der Waals surface area contributed by atoms with Gasteiger partial charge in [0, 0.05) is 12.7 Å². The SMILES string of the molecule is Nc1cccnc1NCc1ccc(-c2ccccc2)cc1. The van der Waals surface area contributed by atoms with Crippen LogP contribution in [0.25, 0.3) is 11.1 Å². The van der Waals surface area contributed by atoms with Crippen LogP contribution >= 0.6 is 0 Å². The van der Waals surface area contributed by atoms with Gasteiger partial charge in [-0.05, 0) is 28.8 Å². The van der Waals surface area contributed by atoms with Crippen molar-refractivity contribution in [3.8, 4) is 11.1 Å². The molecular weight excluding hydrogens is 258 g/mol. The molecule has 0 atom stereocenters. The summed E-state index contributed by atoms with van der Waals surface area (Å²) in [5, 5.41) is 3.25. The van der Waals surface area contributed by atoms with Gasteiger partial charge in [-0.25, -0.2) is 4.98 Å². The summed E-state index contributed by atoms with van der Waals surface area (Å²) in [6, 6.07) is 22.5. The summed E-state index contributed by atoms with van der Waals surface area (Å²) in [6.07, 6.45) is 1.73. The fraction of sp³-hybridized carbons (Fsp3) is 0.0556. The second kappa shape index (κ2) is 6.09. The lowest BCUT2D eigenvalue weighted by molar-refractivity contribution is 1.11. The van der Waals surface area contributed by atoms with Crippen molar-refractivity contribution in [1.82, 2.24) is 4.98 Å². The first-order chi connectivity index (χ1) is 10.3. The summed E-state index contributed by atoms with van der Waals surface area (Å²) in [5.41, 5.74) is 10.2. The van der Waals surface area contributed by atoms with Gasteiger partial charge in [0.05, 0.1) is 5.69 Å². The lowest BCUT2D eigenvalue weighted by Gasteiger charge is -2.08. The van der Waals surface area contributed by atoms with Gasteiger partial charge in [-0.1, -0.05) is 54.6 Å². The molecule has 3 heteroatoms. The summed E-state index contributed by atoms with van der Waals surface area (Å²) in [5.74, 6) is 0.727. The van der Waals surface area contributed by atoms with Crippen molar-refractivity contribution in [3.05, 3.63) is 78.5 Å².